The lowest BCUT2D eigenvalue weighted by atomic mass is 9.97. The van der Waals surface area contributed by atoms with Crippen molar-refractivity contribution in [1.29, 1.82) is 0 Å². The fraction of sp³-hybridized carbons (Fsp3) is 0.520. The summed E-state index contributed by atoms with van der Waals surface area (Å²) in [5.41, 5.74) is 3.34. The number of hydrogen-bond donors (Lipinski definition) is 1. The molecule has 3 rings (SSSR count). The molecule has 1 saturated heterocycles. The van der Waals surface area contributed by atoms with Crippen LogP contribution in [0.4, 0.5) is 4.39 Å². The van der Waals surface area contributed by atoms with Crippen molar-refractivity contribution in [3.8, 4) is 0 Å². The van der Waals surface area contributed by atoms with Crippen LogP contribution in [0.1, 0.15) is 57.4 Å². The zero-order valence-electron chi connectivity index (χ0n) is 19.5. The van der Waals surface area contributed by atoms with Crippen LogP contribution in [0, 0.1) is 25.6 Å². The van der Waals surface area contributed by atoms with Gasteiger partial charge in [-0.3, -0.25) is 4.79 Å². The molecule has 1 aromatic carbocycles. The Hall–Kier alpha value is -2.67. The first kappa shape index (κ1) is 24.0. The lowest BCUT2D eigenvalue weighted by Gasteiger charge is -2.34. The van der Waals surface area contributed by atoms with Gasteiger partial charge in [-0.2, -0.15) is 0 Å². The van der Waals surface area contributed by atoms with Crippen molar-refractivity contribution in [2.24, 2.45) is 5.92 Å². The molecule has 0 bridgehead atoms. The largest absolute Gasteiger partial charge is 0.462 e. The predicted molar refractivity (Wildman–Crippen MR) is 122 cm³/mol. The average molecular weight is 444 g/mol. The smallest absolute Gasteiger partial charge is 0.340 e. The van der Waals surface area contributed by atoms with Gasteiger partial charge in [-0.15, -0.1) is 0 Å². The van der Waals surface area contributed by atoms with E-state index >= 15 is 0 Å². The van der Waals surface area contributed by atoms with Gasteiger partial charge in [0.25, 0.3) is 5.91 Å². The summed E-state index contributed by atoms with van der Waals surface area (Å²) in [6.07, 6.45) is 3.07. The molecule has 0 radical (unpaired) electrons. The van der Waals surface area contributed by atoms with Crippen molar-refractivity contribution < 1.29 is 18.7 Å². The Morgan fingerprint density at radius 1 is 1.25 bits per heavy atom. The van der Waals surface area contributed by atoms with E-state index in [9.17, 15) is 14.0 Å². The Bertz CT molecular complexity index is 939. The van der Waals surface area contributed by atoms with Crippen LogP contribution < -0.4 is 0 Å². The highest BCUT2D eigenvalue weighted by atomic mass is 19.1. The number of hydrogen-bond acceptors (Lipinski definition) is 4. The summed E-state index contributed by atoms with van der Waals surface area (Å²) in [4.78, 5) is 32.6. The van der Waals surface area contributed by atoms with Crippen LogP contribution >= 0.6 is 0 Å². The summed E-state index contributed by atoms with van der Waals surface area (Å²) in [5.74, 6) is -0.317. The molecular weight excluding hydrogens is 409 g/mol. The van der Waals surface area contributed by atoms with E-state index in [-0.39, 0.29) is 11.7 Å². The molecule has 0 unspecified atom stereocenters. The topological polar surface area (TPSA) is 65.6 Å². The number of likely N-dealkylation sites (tertiary alicyclic amines) is 1. The number of carbonyl (C=O) groups is 2. The molecule has 1 N–H and O–H groups in total. The van der Waals surface area contributed by atoms with Gasteiger partial charge in [-0.05, 0) is 75.8 Å². The monoisotopic (exact) mass is 443 g/mol. The minimum absolute atomic E-state index is 0.107. The second-order valence-corrected chi connectivity index (χ2v) is 8.72. The highest BCUT2D eigenvalue weighted by Crippen LogP contribution is 2.22. The van der Waals surface area contributed by atoms with Gasteiger partial charge in [0.05, 0.1) is 12.2 Å². The molecule has 1 fully saturated rings. The number of ether oxygens (including phenoxy) is 1. The predicted octanol–water partition coefficient (Wildman–Crippen LogP) is 3.97. The highest BCUT2D eigenvalue weighted by molar-refractivity contribution is 6.00. The molecule has 0 spiro atoms. The van der Waals surface area contributed by atoms with Gasteiger partial charge in [-0.1, -0.05) is 12.1 Å². The SMILES string of the molecule is CCOC(=O)c1c(C)[nH]c(C(=O)N(C)C[C@H]2CCCN(CCc3ccc(F)cc3)C2)c1C. The average Bonchev–Trinajstić information content (AvgIpc) is 3.07. The second-order valence-electron chi connectivity index (χ2n) is 8.72. The molecular formula is C25H34FN3O3. The molecule has 1 amide bonds. The molecule has 0 aliphatic carbocycles. The van der Waals surface area contributed by atoms with E-state index in [4.69, 9.17) is 4.74 Å². The van der Waals surface area contributed by atoms with Crippen LogP contribution in [0.5, 0.6) is 0 Å². The maximum absolute atomic E-state index is 13.1. The molecule has 6 nitrogen and oxygen atoms in total. The highest BCUT2D eigenvalue weighted by Gasteiger charge is 2.27. The van der Waals surface area contributed by atoms with Crippen molar-refractivity contribution in [1.82, 2.24) is 14.8 Å². The van der Waals surface area contributed by atoms with Gasteiger partial charge >= 0.3 is 5.97 Å². The molecule has 1 aromatic heterocycles. The van der Waals surface area contributed by atoms with Gasteiger partial charge in [0.1, 0.15) is 11.5 Å². The Morgan fingerprint density at radius 3 is 2.66 bits per heavy atom. The molecule has 174 valence electrons. The number of piperidine rings is 1. The molecule has 7 heteroatoms. The number of nitrogens with zero attached hydrogens (tertiary/aromatic N) is 2. The van der Waals surface area contributed by atoms with Gasteiger partial charge in [-0.25, -0.2) is 9.18 Å². The van der Waals surface area contributed by atoms with E-state index < -0.39 is 5.97 Å². The summed E-state index contributed by atoms with van der Waals surface area (Å²) >= 11 is 0. The van der Waals surface area contributed by atoms with E-state index in [2.05, 4.69) is 9.88 Å². The molecule has 0 saturated carbocycles. The standard InChI is InChI=1S/C25H34FN3O3/c1-5-32-25(31)22-17(2)23(27-18(22)3)24(30)28(4)15-20-7-6-13-29(16-20)14-12-19-8-10-21(26)11-9-19/h8-11,20,27H,5-7,12-16H2,1-4H3/t20-/m1/s1. The molecule has 1 aliphatic heterocycles. The number of benzene rings is 1. The number of nitrogens with one attached hydrogen (secondary N) is 1. The number of amides is 1. The fourth-order valence-electron chi connectivity index (χ4n) is 4.58. The van der Waals surface area contributed by atoms with Crippen molar-refractivity contribution in [3.05, 3.63) is 58.2 Å². The van der Waals surface area contributed by atoms with Crippen LogP contribution in [0.3, 0.4) is 0 Å². The van der Waals surface area contributed by atoms with Gasteiger partial charge < -0.3 is 19.5 Å². The normalized spacial score (nSPS) is 16.7. The van der Waals surface area contributed by atoms with Crippen LogP contribution in [-0.2, 0) is 11.2 Å². The Balaban J connectivity index is 1.57. The zero-order valence-corrected chi connectivity index (χ0v) is 19.5. The van der Waals surface area contributed by atoms with Crippen LogP contribution in [-0.4, -0.2) is 66.5 Å². The summed E-state index contributed by atoms with van der Waals surface area (Å²) in [5, 5.41) is 0. The molecule has 32 heavy (non-hydrogen) atoms. The summed E-state index contributed by atoms with van der Waals surface area (Å²) in [6.45, 7) is 9.22. The molecule has 1 aliphatic rings. The Morgan fingerprint density at radius 2 is 1.97 bits per heavy atom. The molecule has 2 aromatic rings. The Labute approximate surface area is 189 Å². The number of aryl methyl sites for hydroxylation is 1. The summed E-state index contributed by atoms with van der Waals surface area (Å²) in [7, 11) is 1.82. The van der Waals surface area contributed by atoms with Crippen molar-refractivity contribution >= 4 is 11.9 Å². The number of rotatable bonds is 8. The minimum Gasteiger partial charge on any atom is -0.462 e. The van der Waals surface area contributed by atoms with Gasteiger partial charge in [0, 0.05) is 32.4 Å². The minimum atomic E-state index is -0.399. The van der Waals surface area contributed by atoms with E-state index in [0.717, 1.165) is 44.5 Å². The maximum Gasteiger partial charge on any atom is 0.340 e. The first-order valence-electron chi connectivity index (χ1n) is 11.4. The van der Waals surface area contributed by atoms with E-state index in [0.29, 0.717) is 41.6 Å². The quantitative estimate of drug-likeness (QED) is 0.627. The maximum atomic E-state index is 13.1. The lowest BCUT2D eigenvalue weighted by molar-refractivity contribution is 0.0525. The number of H-pyrrole nitrogens is 1. The van der Waals surface area contributed by atoms with Gasteiger partial charge in [0.2, 0.25) is 0 Å². The van der Waals surface area contributed by atoms with Crippen LogP contribution in [0.2, 0.25) is 0 Å². The number of halogens is 1. The summed E-state index contributed by atoms with van der Waals surface area (Å²) < 4.78 is 18.2. The molecule has 1 atom stereocenters. The van der Waals surface area contributed by atoms with E-state index in [1.54, 1.807) is 25.7 Å². The first-order chi connectivity index (χ1) is 15.3. The zero-order chi connectivity index (χ0) is 23.3. The third kappa shape index (κ3) is 5.76. The van der Waals surface area contributed by atoms with Crippen molar-refractivity contribution in [2.75, 3.05) is 39.8 Å². The fourth-order valence-corrected chi connectivity index (χ4v) is 4.58. The third-order valence-corrected chi connectivity index (χ3v) is 6.24. The number of aromatic amines is 1. The van der Waals surface area contributed by atoms with Crippen LogP contribution in [0.15, 0.2) is 24.3 Å². The van der Waals surface area contributed by atoms with E-state index in [1.165, 1.54) is 12.1 Å². The number of aromatic nitrogens is 1. The second kappa shape index (κ2) is 10.8. The lowest BCUT2D eigenvalue weighted by Crippen LogP contribution is -2.42. The van der Waals surface area contributed by atoms with E-state index in [1.807, 2.05) is 19.2 Å². The van der Waals surface area contributed by atoms with Crippen molar-refractivity contribution in [3.63, 3.8) is 0 Å². The first-order valence-corrected chi connectivity index (χ1v) is 11.4. The summed E-state index contributed by atoms with van der Waals surface area (Å²) in [6, 6.07) is 6.70. The van der Waals surface area contributed by atoms with Gasteiger partial charge in [0.15, 0.2) is 0 Å². The Kier molecular flexibility index (Phi) is 8.07. The third-order valence-electron chi connectivity index (χ3n) is 6.24. The number of carbonyl (C=O) groups excluding carboxylic acids is 2. The van der Waals surface area contributed by atoms with Crippen molar-refractivity contribution in [2.45, 2.75) is 40.0 Å². The molecule has 2 heterocycles. The number of esters is 1. The van der Waals surface area contributed by atoms with Crippen LogP contribution in [0.25, 0.3) is 0 Å².